The van der Waals surface area contributed by atoms with Crippen molar-refractivity contribution in [3.63, 3.8) is 0 Å². The maximum atomic E-state index is 12.9. The van der Waals surface area contributed by atoms with E-state index in [0.717, 1.165) is 29.9 Å². The van der Waals surface area contributed by atoms with Crippen LogP contribution in [0.4, 0.5) is 9.57 Å². The smallest absolute Gasteiger partial charge is 0.226 e. The molecule has 1 aromatic heterocycles. The number of aromatic nitrogens is 1. The summed E-state index contributed by atoms with van der Waals surface area (Å²) in [6.07, 6.45) is 1.23. The lowest BCUT2D eigenvalue weighted by atomic mass is 9.68. The van der Waals surface area contributed by atoms with Crippen LogP contribution in [-0.2, 0) is 11.4 Å². The van der Waals surface area contributed by atoms with Crippen molar-refractivity contribution in [3.8, 4) is 5.88 Å². The van der Waals surface area contributed by atoms with E-state index in [1.54, 1.807) is 0 Å². The van der Waals surface area contributed by atoms with E-state index in [4.69, 9.17) is 4.74 Å². The Labute approximate surface area is 188 Å². The van der Waals surface area contributed by atoms with Crippen LogP contribution >= 0.6 is 12.1 Å². The Balaban J connectivity index is 1.43. The molecule has 0 saturated carbocycles. The van der Waals surface area contributed by atoms with Crippen molar-refractivity contribution in [3.05, 3.63) is 53.2 Å². The Morgan fingerprint density at radius 2 is 2.06 bits per heavy atom. The molecule has 2 aliphatic rings. The molecule has 0 radical (unpaired) electrons. The number of carbonyl (C=O) groups is 1. The van der Waals surface area contributed by atoms with Crippen molar-refractivity contribution in [2.24, 2.45) is 11.3 Å². The van der Waals surface area contributed by atoms with Crippen LogP contribution in [0.2, 0.25) is 0 Å². The summed E-state index contributed by atoms with van der Waals surface area (Å²) >= 11 is 0.314. The molecule has 2 saturated heterocycles. The Bertz CT molecular complexity index is 935. The predicted molar refractivity (Wildman–Crippen MR) is 123 cm³/mol. The van der Waals surface area contributed by atoms with Crippen molar-refractivity contribution >= 4 is 23.7 Å². The van der Waals surface area contributed by atoms with Gasteiger partial charge in [-0.05, 0) is 43.4 Å². The average Bonchev–Trinajstić information content (AvgIpc) is 3.00. The second-order valence-electron chi connectivity index (χ2n) is 8.86. The molecule has 0 spiro atoms. The Hall–Kier alpha value is -2.28. The minimum Gasteiger partial charge on any atom is -0.473 e. The molecule has 4 rings (SSSR count). The van der Waals surface area contributed by atoms with Gasteiger partial charge in [-0.2, -0.15) is 3.89 Å². The van der Waals surface area contributed by atoms with Crippen molar-refractivity contribution in [2.75, 3.05) is 30.3 Å². The van der Waals surface area contributed by atoms with Crippen LogP contribution in [0.15, 0.2) is 36.4 Å². The number of aryl methyl sites for hydroxylation is 1. The summed E-state index contributed by atoms with van der Waals surface area (Å²) in [6, 6.07) is 12.3. The number of nitrogens with one attached hydrogen (secondary N) is 1. The van der Waals surface area contributed by atoms with Gasteiger partial charge in [-0.3, -0.25) is 4.79 Å². The highest BCUT2D eigenvalue weighted by Crippen LogP contribution is 2.46. The third kappa shape index (κ3) is 4.38. The largest absolute Gasteiger partial charge is 0.473 e. The summed E-state index contributed by atoms with van der Waals surface area (Å²) < 4.78 is 18.9. The molecular weight excluding hydrogens is 413 g/mol. The van der Waals surface area contributed by atoms with Gasteiger partial charge >= 0.3 is 0 Å². The van der Waals surface area contributed by atoms with E-state index in [0.29, 0.717) is 36.9 Å². The first-order chi connectivity index (χ1) is 14.9. The van der Waals surface area contributed by atoms with Gasteiger partial charge in [0.15, 0.2) is 0 Å². The molecule has 3 heterocycles. The van der Waals surface area contributed by atoms with Gasteiger partial charge in [0.05, 0.1) is 5.41 Å². The van der Waals surface area contributed by atoms with E-state index < -0.39 is 5.41 Å². The van der Waals surface area contributed by atoms with Crippen LogP contribution in [-0.4, -0.2) is 36.3 Å². The fourth-order valence-corrected chi connectivity index (χ4v) is 5.14. The number of carbonyl (C=O) groups excluding carboxylic acids is 1. The molecule has 0 bridgehead atoms. The van der Waals surface area contributed by atoms with E-state index in [1.165, 1.54) is 12.1 Å². The lowest BCUT2D eigenvalue weighted by molar-refractivity contribution is -0.128. The number of ether oxygens (including phenoxy) is 1. The van der Waals surface area contributed by atoms with Gasteiger partial charge in [-0.15, -0.1) is 0 Å². The van der Waals surface area contributed by atoms with Crippen molar-refractivity contribution in [1.82, 2.24) is 10.3 Å². The van der Waals surface area contributed by atoms with E-state index in [2.05, 4.69) is 40.3 Å². The first-order valence-electron chi connectivity index (χ1n) is 10.9. The Kier molecular flexibility index (Phi) is 6.42. The summed E-state index contributed by atoms with van der Waals surface area (Å²) in [5, 5.41) is 2.92. The van der Waals surface area contributed by atoms with E-state index in [1.807, 2.05) is 32.0 Å². The molecule has 31 heavy (non-hydrogen) atoms. The van der Waals surface area contributed by atoms with Crippen LogP contribution in [0, 0.1) is 18.3 Å². The van der Waals surface area contributed by atoms with Gasteiger partial charge in [0.25, 0.3) is 0 Å². The zero-order valence-electron chi connectivity index (χ0n) is 18.4. The van der Waals surface area contributed by atoms with Crippen LogP contribution in [0.25, 0.3) is 0 Å². The number of pyridine rings is 1. The van der Waals surface area contributed by atoms with Crippen molar-refractivity contribution in [2.45, 2.75) is 39.7 Å². The minimum absolute atomic E-state index is 0.00925. The topological polar surface area (TPSA) is 54.5 Å². The number of hydrogen-bond donors (Lipinski definition) is 1. The Morgan fingerprint density at radius 1 is 1.32 bits per heavy atom. The molecule has 2 aliphatic heterocycles. The third-order valence-corrected chi connectivity index (χ3v) is 7.54. The summed E-state index contributed by atoms with van der Waals surface area (Å²) in [6.45, 7) is 9.14. The summed E-state index contributed by atoms with van der Waals surface area (Å²) in [4.78, 5) is 19.4. The number of amides is 1. The molecule has 0 aliphatic carbocycles. The van der Waals surface area contributed by atoms with Crippen LogP contribution in [0.5, 0.6) is 5.88 Å². The molecule has 5 nitrogen and oxygen atoms in total. The van der Waals surface area contributed by atoms with Crippen LogP contribution in [0.3, 0.4) is 0 Å². The van der Waals surface area contributed by atoms with Gasteiger partial charge in [0, 0.05) is 60.9 Å². The first-order valence-corrected chi connectivity index (χ1v) is 11.8. The molecular formula is C24H30FN3O2S. The average molecular weight is 444 g/mol. The molecule has 1 N–H and O–H groups in total. The van der Waals surface area contributed by atoms with Crippen LogP contribution in [0.1, 0.15) is 43.0 Å². The molecule has 7 heteroatoms. The third-order valence-electron chi connectivity index (χ3n) is 7.01. The molecule has 2 fully saturated rings. The molecule has 166 valence electrons. The zero-order valence-corrected chi connectivity index (χ0v) is 19.2. The highest BCUT2D eigenvalue weighted by Gasteiger charge is 2.50. The highest BCUT2D eigenvalue weighted by atomic mass is 32.2. The molecule has 3 atom stereocenters. The van der Waals surface area contributed by atoms with E-state index in [9.17, 15) is 8.68 Å². The van der Waals surface area contributed by atoms with Crippen molar-refractivity contribution < 1.29 is 13.4 Å². The maximum absolute atomic E-state index is 12.9. The van der Waals surface area contributed by atoms with Gasteiger partial charge in [0.1, 0.15) is 6.61 Å². The Morgan fingerprint density at radius 3 is 2.71 bits per heavy atom. The summed E-state index contributed by atoms with van der Waals surface area (Å²) in [7, 11) is 0. The van der Waals surface area contributed by atoms with Crippen molar-refractivity contribution in [1.29, 1.82) is 0 Å². The molecule has 1 amide bonds. The second-order valence-corrected chi connectivity index (χ2v) is 9.41. The number of rotatable bonds is 8. The van der Waals surface area contributed by atoms with Gasteiger partial charge in [-0.1, -0.05) is 31.2 Å². The SMILES string of the molecule is Cc1cc(N2CCC2)cc(OCc2ccc(C(C)[C@@]3(C)C(=O)NC[C@@H]3CSF)cc2)n1. The zero-order chi connectivity index (χ0) is 22.0. The lowest BCUT2D eigenvalue weighted by Crippen LogP contribution is -2.37. The molecule has 2 aromatic rings. The number of benzene rings is 1. The minimum atomic E-state index is -0.615. The monoisotopic (exact) mass is 443 g/mol. The van der Waals surface area contributed by atoms with Gasteiger partial charge in [0.2, 0.25) is 11.8 Å². The normalized spacial score (nSPS) is 23.9. The first kappa shape index (κ1) is 21.9. The van der Waals surface area contributed by atoms with Gasteiger partial charge < -0.3 is 15.0 Å². The summed E-state index contributed by atoms with van der Waals surface area (Å²) in [5.74, 6) is 0.936. The van der Waals surface area contributed by atoms with E-state index >= 15 is 0 Å². The number of nitrogens with zero attached hydrogens (tertiary/aromatic N) is 2. The highest BCUT2D eigenvalue weighted by molar-refractivity contribution is 7.94. The number of halogens is 1. The van der Waals surface area contributed by atoms with Gasteiger partial charge in [-0.25, -0.2) is 4.98 Å². The molecule has 1 unspecified atom stereocenters. The molecule has 1 aromatic carbocycles. The quantitative estimate of drug-likeness (QED) is 0.644. The predicted octanol–water partition coefficient (Wildman–Crippen LogP) is 4.65. The second kappa shape index (κ2) is 9.07. The number of anilines is 1. The summed E-state index contributed by atoms with van der Waals surface area (Å²) in [5.41, 5.74) is 3.62. The lowest BCUT2D eigenvalue weighted by Gasteiger charge is -2.34. The fraction of sp³-hybridized carbons (Fsp3) is 0.500. The standard InChI is InChI=1S/C24H30FN3O2S/c1-16-11-21(28-9-4-10-28)12-22(27-16)30-14-18-5-7-19(8-6-18)17(2)24(3)20(15-31-25)13-26-23(24)29/h5-8,11-12,17,20H,4,9-10,13-15H2,1-3H3,(H,26,29)/t17?,20-,24-/m1/s1. The van der Waals surface area contributed by atoms with E-state index in [-0.39, 0.29) is 17.7 Å². The maximum Gasteiger partial charge on any atom is 0.226 e. The number of hydrogen-bond acceptors (Lipinski definition) is 5. The van der Waals surface area contributed by atoms with Crippen LogP contribution < -0.4 is 15.0 Å². The fourth-order valence-electron chi connectivity index (χ4n) is 4.52.